The SMILES string of the molecule is CCCOc1ccc(Oc2ccc3cc(CCN)ccc3n2)c(Cl)c1. The molecule has 0 amide bonds. The molecule has 5 heteroatoms. The number of nitrogens with zero attached hydrogens (tertiary/aromatic N) is 1. The van der Waals surface area contributed by atoms with Gasteiger partial charge in [-0.3, -0.25) is 0 Å². The summed E-state index contributed by atoms with van der Waals surface area (Å²) in [5.41, 5.74) is 7.69. The molecule has 0 aliphatic carbocycles. The maximum atomic E-state index is 6.29. The number of fused-ring (bicyclic) bond motifs is 1. The maximum Gasteiger partial charge on any atom is 0.219 e. The van der Waals surface area contributed by atoms with E-state index in [1.54, 1.807) is 12.1 Å². The highest BCUT2D eigenvalue weighted by Crippen LogP contribution is 2.32. The second-order valence-corrected chi connectivity index (χ2v) is 6.17. The van der Waals surface area contributed by atoms with Crippen LogP contribution in [0, 0.1) is 0 Å². The Hall–Kier alpha value is -2.30. The number of benzene rings is 2. The molecule has 0 aliphatic rings. The molecule has 0 saturated carbocycles. The Morgan fingerprint density at radius 3 is 2.72 bits per heavy atom. The zero-order chi connectivity index (χ0) is 17.6. The lowest BCUT2D eigenvalue weighted by Crippen LogP contribution is -2.02. The van der Waals surface area contributed by atoms with Crippen LogP contribution in [-0.4, -0.2) is 18.1 Å². The molecule has 0 bridgehead atoms. The summed E-state index contributed by atoms with van der Waals surface area (Å²) in [4.78, 5) is 4.54. The summed E-state index contributed by atoms with van der Waals surface area (Å²) in [6.45, 7) is 3.36. The van der Waals surface area contributed by atoms with Crippen LogP contribution in [0.15, 0.2) is 48.5 Å². The predicted molar refractivity (Wildman–Crippen MR) is 102 cm³/mol. The second-order valence-electron chi connectivity index (χ2n) is 5.76. The van der Waals surface area contributed by atoms with Crippen molar-refractivity contribution in [2.45, 2.75) is 19.8 Å². The molecule has 0 fully saturated rings. The molecule has 3 aromatic rings. The van der Waals surface area contributed by atoms with Gasteiger partial charge in [-0.05, 0) is 55.3 Å². The van der Waals surface area contributed by atoms with E-state index < -0.39 is 0 Å². The van der Waals surface area contributed by atoms with Crippen molar-refractivity contribution in [3.8, 4) is 17.4 Å². The fourth-order valence-corrected chi connectivity index (χ4v) is 2.73. The van der Waals surface area contributed by atoms with E-state index in [1.807, 2.05) is 30.3 Å². The van der Waals surface area contributed by atoms with Gasteiger partial charge in [0.1, 0.15) is 11.5 Å². The quantitative estimate of drug-likeness (QED) is 0.649. The minimum absolute atomic E-state index is 0.494. The van der Waals surface area contributed by atoms with Crippen LogP contribution in [0.2, 0.25) is 5.02 Å². The van der Waals surface area contributed by atoms with Gasteiger partial charge in [-0.1, -0.05) is 24.6 Å². The first-order chi connectivity index (χ1) is 12.2. The summed E-state index contributed by atoms with van der Waals surface area (Å²) in [7, 11) is 0. The molecule has 130 valence electrons. The van der Waals surface area contributed by atoms with E-state index in [0.717, 1.165) is 29.5 Å². The number of hydrogen-bond donors (Lipinski definition) is 1. The van der Waals surface area contributed by atoms with Crippen molar-refractivity contribution in [1.29, 1.82) is 0 Å². The number of ether oxygens (including phenoxy) is 2. The zero-order valence-electron chi connectivity index (χ0n) is 14.2. The molecule has 1 aromatic heterocycles. The molecule has 25 heavy (non-hydrogen) atoms. The van der Waals surface area contributed by atoms with Crippen molar-refractivity contribution >= 4 is 22.5 Å². The van der Waals surface area contributed by atoms with Crippen LogP contribution >= 0.6 is 11.6 Å². The van der Waals surface area contributed by atoms with Crippen LogP contribution in [-0.2, 0) is 6.42 Å². The average molecular weight is 357 g/mol. The Bertz CT molecular complexity index is 867. The lowest BCUT2D eigenvalue weighted by molar-refractivity contribution is 0.317. The van der Waals surface area contributed by atoms with Crippen molar-refractivity contribution in [3.63, 3.8) is 0 Å². The zero-order valence-corrected chi connectivity index (χ0v) is 14.9. The van der Waals surface area contributed by atoms with Crippen molar-refractivity contribution in [2.75, 3.05) is 13.2 Å². The van der Waals surface area contributed by atoms with Gasteiger partial charge in [-0.25, -0.2) is 4.98 Å². The summed E-state index contributed by atoms with van der Waals surface area (Å²) in [5.74, 6) is 1.79. The number of hydrogen-bond acceptors (Lipinski definition) is 4. The van der Waals surface area contributed by atoms with Gasteiger partial charge in [0, 0.05) is 17.5 Å². The third-order valence-electron chi connectivity index (χ3n) is 3.75. The van der Waals surface area contributed by atoms with Crippen LogP contribution in [0.3, 0.4) is 0 Å². The average Bonchev–Trinajstić information content (AvgIpc) is 2.62. The number of halogens is 1. The van der Waals surface area contributed by atoms with Crippen molar-refractivity contribution in [2.24, 2.45) is 5.73 Å². The summed E-state index contributed by atoms with van der Waals surface area (Å²) in [6, 6.07) is 15.4. The normalized spacial score (nSPS) is 10.8. The van der Waals surface area contributed by atoms with Crippen LogP contribution < -0.4 is 15.2 Å². The van der Waals surface area contributed by atoms with E-state index in [4.69, 9.17) is 26.8 Å². The van der Waals surface area contributed by atoms with Gasteiger partial charge in [0.25, 0.3) is 0 Å². The Labute approximate surface area is 152 Å². The molecule has 2 aromatic carbocycles. The standard InChI is InChI=1S/C20H21ClN2O2/c1-2-11-24-16-5-7-19(17(21)13-16)25-20-8-4-15-12-14(9-10-22)3-6-18(15)23-20/h3-8,12-13H,2,9-11,22H2,1H3. The number of nitrogens with two attached hydrogens (primary N) is 1. The van der Waals surface area contributed by atoms with E-state index in [-0.39, 0.29) is 0 Å². The lowest BCUT2D eigenvalue weighted by atomic mass is 10.1. The van der Waals surface area contributed by atoms with Crippen molar-refractivity contribution < 1.29 is 9.47 Å². The highest BCUT2D eigenvalue weighted by atomic mass is 35.5. The molecule has 0 spiro atoms. The molecule has 0 unspecified atom stereocenters. The first-order valence-electron chi connectivity index (χ1n) is 8.39. The molecule has 4 nitrogen and oxygen atoms in total. The Morgan fingerprint density at radius 1 is 1.08 bits per heavy atom. The van der Waals surface area contributed by atoms with Gasteiger partial charge in [-0.2, -0.15) is 0 Å². The van der Waals surface area contributed by atoms with E-state index in [9.17, 15) is 0 Å². The largest absolute Gasteiger partial charge is 0.494 e. The van der Waals surface area contributed by atoms with Crippen molar-refractivity contribution in [1.82, 2.24) is 4.98 Å². The minimum Gasteiger partial charge on any atom is -0.494 e. The topological polar surface area (TPSA) is 57.4 Å². The summed E-state index contributed by atoms with van der Waals surface area (Å²) in [6.07, 6.45) is 1.81. The van der Waals surface area contributed by atoms with Gasteiger partial charge in [0.05, 0.1) is 17.1 Å². The summed E-state index contributed by atoms with van der Waals surface area (Å²) < 4.78 is 11.4. The smallest absolute Gasteiger partial charge is 0.219 e. The van der Waals surface area contributed by atoms with Gasteiger partial charge >= 0.3 is 0 Å². The summed E-state index contributed by atoms with van der Waals surface area (Å²) >= 11 is 6.29. The molecule has 1 heterocycles. The van der Waals surface area contributed by atoms with E-state index in [1.165, 1.54) is 5.56 Å². The monoisotopic (exact) mass is 356 g/mol. The fraction of sp³-hybridized carbons (Fsp3) is 0.250. The number of rotatable bonds is 7. The predicted octanol–water partition coefficient (Wildman–Crippen LogP) is 4.97. The van der Waals surface area contributed by atoms with Gasteiger partial charge < -0.3 is 15.2 Å². The van der Waals surface area contributed by atoms with Gasteiger partial charge in [0.15, 0.2) is 0 Å². The van der Waals surface area contributed by atoms with Gasteiger partial charge in [-0.15, -0.1) is 0 Å². The van der Waals surface area contributed by atoms with E-state index in [2.05, 4.69) is 18.0 Å². The summed E-state index contributed by atoms with van der Waals surface area (Å²) in [5, 5.41) is 1.56. The second kappa shape index (κ2) is 8.19. The van der Waals surface area contributed by atoms with Crippen LogP contribution in [0.4, 0.5) is 0 Å². The molecule has 0 radical (unpaired) electrons. The first kappa shape index (κ1) is 17.5. The highest BCUT2D eigenvalue weighted by molar-refractivity contribution is 6.32. The highest BCUT2D eigenvalue weighted by Gasteiger charge is 2.07. The Morgan fingerprint density at radius 2 is 1.96 bits per heavy atom. The molecule has 2 N–H and O–H groups in total. The molecule has 3 rings (SSSR count). The third-order valence-corrected chi connectivity index (χ3v) is 4.05. The Balaban J connectivity index is 1.79. The van der Waals surface area contributed by atoms with E-state index in [0.29, 0.717) is 29.8 Å². The first-order valence-corrected chi connectivity index (χ1v) is 8.77. The van der Waals surface area contributed by atoms with Crippen LogP contribution in [0.5, 0.6) is 17.4 Å². The maximum absolute atomic E-state index is 6.29. The third kappa shape index (κ3) is 4.41. The van der Waals surface area contributed by atoms with Crippen LogP contribution in [0.1, 0.15) is 18.9 Å². The minimum atomic E-state index is 0.494. The number of pyridine rings is 1. The van der Waals surface area contributed by atoms with Crippen LogP contribution in [0.25, 0.3) is 10.9 Å². The fourth-order valence-electron chi connectivity index (χ4n) is 2.52. The molecule has 0 aliphatic heterocycles. The molecule has 0 saturated heterocycles. The number of aromatic nitrogens is 1. The van der Waals surface area contributed by atoms with Crippen molar-refractivity contribution in [3.05, 3.63) is 59.1 Å². The van der Waals surface area contributed by atoms with E-state index >= 15 is 0 Å². The molecule has 0 atom stereocenters. The Kier molecular flexibility index (Phi) is 5.74. The van der Waals surface area contributed by atoms with Gasteiger partial charge in [0.2, 0.25) is 5.88 Å². The lowest BCUT2D eigenvalue weighted by Gasteiger charge is -2.10. The molecular formula is C20H21ClN2O2. The molecular weight excluding hydrogens is 336 g/mol.